The van der Waals surface area contributed by atoms with Crippen molar-refractivity contribution in [2.24, 2.45) is 0 Å². The number of aryl methyl sites for hydroxylation is 1. The summed E-state index contributed by atoms with van der Waals surface area (Å²) in [5.74, 6) is -3.76. The number of phenolic OH excluding ortho intramolecular Hbond substituents is 4. The van der Waals surface area contributed by atoms with Crippen molar-refractivity contribution in [3.05, 3.63) is 46.0 Å². The Morgan fingerprint density at radius 1 is 1.00 bits per heavy atom. The quantitative estimate of drug-likeness (QED) is 0.285. The van der Waals surface area contributed by atoms with Gasteiger partial charge in [-0.25, -0.2) is 4.98 Å². The van der Waals surface area contributed by atoms with Crippen LogP contribution in [-0.2, 0) is 11.2 Å². The number of aromatic nitrogens is 2. The number of nitrogens with zero attached hydrogens (tertiary/aromatic N) is 4. The molecule has 33 heavy (non-hydrogen) atoms. The van der Waals surface area contributed by atoms with Crippen molar-refractivity contribution in [1.82, 2.24) is 14.9 Å². The number of aromatic hydroxyl groups is 4. The molecule has 1 aromatic heterocycles. The highest BCUT2D eigenvalue weighted by Crippen LogP contribution is 2.46. The van der Waals surface area contributed by atoms with E-state index in [1.807, 2.05) is 12.1 Å². The van der Waals surface area contributed by atoms with Gasteiger partial charge in [0.05, 0.1) is 11.6 Å². The van der Waals surface area contributed by atoms with E-state index in [1.54, 1.807) is 17.0 Å². The first kappa shape index (κ1) is 21.8. The maximum Gasteiger partial charge on any atom is 0.262 e. The summed E-state index contributed by atoms with van der Waals surface area (Å²) in [5.41, 5.74) is 0.381. The highest BCUT2D eigenvalue weighted by Gasteiger charge is 2.24. The van der Waals surface area contributed by atoms with Crippen LogP contribution in [-0.4, -0.2) is 67.4 Å². The molecule has 2 aromatic carbocycles. The summed E-state index contributed by atoms with van der Waals surface area (Å²) >= 11 is 0. The lowest BCUT2D eigenvalue weighted by Crippen LogP contribution is -2.48. The van der Waals surface area contributed by atoms with Gasteiger partial charge in [0.1, 0.15) is 16.7 Å². The largest absolute Gasteiger partial charge is 0.504 e. The van der Waals surface area contributed by atoms with Gasteiger partial charge in [-0.2, -0.15) is 5.26 Å². The molecule has 1 amide bonds. The van der Waals surface area contributed by atoms with Gasteiger partial charge in [0.2, 0.25) is 17.4 Å². The number of hydrogen-bond acceptors (Lipinski definition) is 9. The highest BCUT2D eigenvalue weighted by molar-refractivity contribution is 5.94. The topological polar surface area (TPSA) is 174 Å². The highest BCUT2D eigenvalue weighted by atomic mass is 16.3. The number of carbonyl (C=O) groups is 1. The number of H-pyrrole nitrogens is 1. The average molecular weight is 451 g/mol. The number of carbonyl (C=O) groups excluding carboxylic acids is 1. The Morgan fingerprint density at radius 3 is 2.27 bits per heavy atom. The monoisotopic (exact) mass is 451 g/mol. The van der Waals surface area contributed by atoms with E-state index in [0.717, 1.165) is 5.69 Å². The van der Waals surface area contributed by atoms with Gasteiger partial charge in [0.25, 0.3) is 5.56 Å². The van der Waals surface area contributed by atoms with Gasteiger partial charge in [0.15, 0.2) is 11.5 Å². The average Bonchev–Trinajstić information content (AvgIpc) is 2.84. The summed E-state index contributed by atoms with van der Waals surface area (Å²) in [5, 5.41) is 47.7. The molecule has 2 heterocycles. The molecule has 11 nitrogen and oxygen atoms in total. The fourth-order valence-corrected chi connectivity index (χ4v) is 3.83. The van der Waals surface area contributed by atoms with Crippen LogP contribution in [0.15, 0.2) is 29.1 Å². The molecule has 170 valence electrons. The van der Waals surface area contributed by atoms with Crippen molar-refractivity contribution >= 4 is 22.5 Å². The Hall–Kier alpha value is -4.46. The van der Waals surface area contributed by atoms with Crippen LogP contribution in [0.1, 0.15) is 17.8 Å². The third-order valence-electron chi connectivity index (χ3n) is 5.67. The van der Waals surface area contributed by atoms with E-state index >= 15 is 0 Å². The summed E-state index contributed by atoms with van der Waals surface area (Å²) in [4.78, 5) is 35.3. The number of fused-ring (bicyclic) bond motifs is 1. The number of rotatable bonds is 4. The number of piperazine rings is 1. The number of nitriles is 1. The second kappa shape index (κ2) is 8.58. The third kappa shape index (κ3) is 4.06. The molecule has 4 rings (SSSR count). The summed E-state index contributed by atoms with van der Waals surface area (Å²) < 4.78 is 0. The fourth-order valence-electron chi connectivity index (χ4n) is 3.83. The van der Waals surface area contributed by atoms with E-state index < -0.39 is 33.9 Å². The molecule has 0 saturated carbocycles. The van der Waals surface area contributed by atoms with Gasteiger partial charge in [-0.15, -0.1) is 0 Å². The molecule has 0 atom stereocenters. The number of anilines is 1. The van der Waals surface area contributed by atoms with E-state index in [1.165, 1.54) is 0 Å². The Kier molecular flexibility index (Phi) is 5.66. The van der Waals surface area contributed by atoms with Crippen LogP contribution in [0.4, 0.5) is 5.69 Å². The fraction of sp³-hybridized carbons (Fsp3) is 0.273. The van der Waals surface area contributed by atoms with E-state index in [2.05, 4.69) is 20.9 Å². The van der Waals surface area contributed by atoms with E-state index in [-0.39, 0.29) is 30.1 Å². The van der Waals surface area contributed by atoms with Gasteiger partial charge in [-0.05, 0) is 24.3 Å². The van der Waals surface area contributed by atoms with Crippen LogP contribution in [0, 0.1) is 11.3 Å². The minimum absolute atomic E-state index is 0.0577. The van der Waals surface area contributed by atoms with Crippen molar-refractivity contribution in [3.8, 4) is 29.1 Å². The Bertz CT molecular complexity index is 1320. The van der Waals surface area contributed by atoms with Gasteiger partial charge in [-0.3, -0.25) is 9.59 Å². The number of benzene rings is 2. The normalized spacial score (nSPS) is 13.8. The van der Waals surface area contributed by atoms with E-state index in [9.17, 15) is 30.0 Å². The zero-order chi connectivity index (χ0) is 23.7. The van der Waals surface area contributed by atoms with Crippen molar-refractivity contribution in [1.29, 1.82) is 5.26 Å². The SMILES string of the molecule is N#Cc1ccc(N2CCN(C(=O)CCc3nc4c(O)c(O)c(O)c(O)c4c(=O)[nH]3)CC2)cc1. The van der Waals surface area contributed by atoms with Crippen LogP contribution in [0.5, 0.6) is 23.0 Å². The maximum atomic E-state index is 12.7. The molecule has 1 aliphatic rings. The number of phenols is 4. The predicted molar refractivity (Wildman–Crippen MR) is 117 cm³/mol. The molecule has 1 fully saturated rings. The second-order valence-electron chi connectivity index (χ2n) is 7.66. The van der Waals surface area contributed by atoms with Gasteiger partial charge in [0, 0.05) is 44.7 Å². The molecular formula is C22H21N5O6. The first-order valence-electron chi connectivity index (χ1n) is 10.2. The van der Waals surface area contributed by atoms with Gasteiger partial charge < -0.3 is 35.2 Å². The molecule has 3 aromatic rings. The van der Waals surface area contributed by atoms with Crippen LogP contribution >= 0.6 is 0 Å². The molecule has 0 aliphatic carbocycles. The first-order valence-corrected chi connectivity index (χ1v) is 10.2. The Morgan fingerprint density at radius 2 is 1.64 bits per heavy atom. The standard InChI is InChI=1S/C22H21N5O6/c23-11-12-1-3-13(4-2-12)26-7-9-27(10-8-26)15(28)6-5-14-24-17-16(22(33)25-14)18(29)20(31)21(32)19(17)30/h1-4,29-32H,5-10H2,(H,24,25,33). The lowest BCUT2D eigenvalue weighted by molar-refractivity contribution is -0.131. The molecule has 5 N–H and O–H groups in total. The van der Waals surface area contributed by atoms with Crippen molar-refractivity contribution < 1.29 is 25.2 Å². The molecule has 11 heteroatoms. The van der Waals surface area contributed by atoms with Gasteiger partial charge >= 0.3 is 0 Å². The van der Waals surface area contributed by atoms with Crippen LogP contribution in [0.3, 0.4) is 0 Å². The number of nitrogens with one attached hydrogen (secondary N) is 1. The summed E-state index contributed by atoms with van der Waals surface area (Å²) in [6.45, 7) is 2.31. The van der Waals surface area contributed by atoms with Crippen LogP contribution in [0.2, 0.25) is 0 Å². The van der Waals surface area contributed by atoms with Crippen molar-refractivity contribution in [2.45, 2.75) is 12.8 Å². The summed E-state index contributed by atoms with van der Waals surface area (Å²) in [7, 11) is 0. The number of hydrogen-bond donors (Lipinski definition) is 5. The molecule has 0 radical (unpaired) electrons. The number of aromatic amines is 1. The van der Waals surface area contributed by atoms with Crippen molar-refractivity contribution in [2.75, 3.05) is 31.1 Å². The lowest BCUT2D eigenvalue weighted by Gasteiger charge is -2.36. The predicted octanol–water partition coefficient (Wildman–Crippen LogP) is 0.899. The van der Waals surface area contributed by atoms with Crippen molar-refractivity contribution in [3.63, 3.8) is 0 Å². The molecule has 0 bridgehead atoms. The summed E-state index contributed by atoms with van der Waals surface area (Å²) in [6, 6.07) is 9.34. The number of amides is 1. The van der Waals surface area contributed by atoms with Crippen LogP contribution in [0.25, 0.3) is 10.9 Å². The Labute approximate surface area is 187 Å². The second-order valence-corrected chi connectivity index (χ2v) is 7.66. The molecular weight excluding hydrogens is 430 g/mol. The maximum absolute atomic E-state index is 12.7. The zero-order valence-electron chi connectivity index (χ0n) is 17.4. The third-order valence-corrected chi connectivity index (χ3v) is 5.67. The molecule has 1 aliphatic heterocycles. The zero-order valence-corrected chi connectivity index (χ0v) is 17.4. The molecule has 0 spiro atoms. The molecule has 0 unspecified atom stereocenters. The smallest absolute Gasteiger partial charge is 0.262 e. The first-order chi connectivity index (χ1) is 15.8. The minimum Gasteiger partial charge on any atom is -0.504 e. The Balaban J connectivity index is 1.41. The van der Waals surface area contributed by atoms with Crippen LogP contribution < -0.4 is 10.5 Å². The summed E-state index contributed by atoms with van der Waals surface area (Å²) in [6.07, 6.45) is 0.129. The lowest BCUT2D eigenvalue weighted by atomic mass is 10.1. The minimum atomic E-state index is -1.02. The van der Waals surface area contributed by atoms with Gasteiger partial charge in [-0.1, -0.05) is 0 Å². The van der Waals surface area contributed by atoms with E-state index in [0.29, 0.717) is 31.7 Å². The van der Waals surface area contributed by atoms with E-state index in [4.69, 9.17) is 5.26 Å². The molecule has 1 saturated heterocycles.